The summed E-state index contributed by atoms with van der Waals surface area (Å²) in [6, 6.07) is 3.95. The molecule has 3 nitrogen and oxygen atoms in total. The fourth-order valence-corrected chi connectivity index (χ4v) is 1.56. The van der Waals surface area contributed by atoms with E-state index in [2.05, 4.69) is 24.1 Å². The number of rotatable bonds is 6. The third kappa shape index (κ3) is 4.62. The Hall–Kier alpha value is -1.09. The van der Waals surface area contributed by atoms with Gasteiger partial charge in [-0.05, 0) is 19.4 Å². The van der Waals surface area contributed by atoms with E-state index in [1.165, 1.54) is 0 Å². The summed E-state index contributed by atoms with van der Waals surface area (Å²) in [4.78, 5) is 4.48. The summed E-state index contributed by atoms with van der Waals surface area (Å²) < 4.78 is 5.22. The zero-order valence-corrected chi connectivity index (χ0v) is 10.7. The molecule has 0 aliphatic heterocycles. The predicted molar refractivity (Wildman–Crippen MR) is 66.9 cm³/mol. The Balaban J connectivity index is 2.44. The van der Waals surface area contributed by atoms with E-state index in [0.29, 0.717) is 5.92 Å². The highest BCUT2D eigenvalue weighted by Gasteiger charge is 2.00. The Morgan fingerprint density at radius 2 is 2.12 bits per heavy atom. The first-order chi connectivity index (χ1) is 7.61. The molecule has 90 valence electrons. The van der Waals surface area contributed by atoms with E-state index in [1.54, 1.807) is 7.11 Å². The number of aryl methyl sites for hydroxylation is 1. The lowest BCUT2D eigenvalue weighted by molar-refractivity contribution is 0.413. The standard InChI is InChI=1S/C13H22N2O/c1-10(2)9-14-6-5-12-8-13(16-4)7-11(3)15-12/h7-8,10,14H,5-6,9H2,1-4H3. The smallest absolute Gasteiger partial charge is 0.122 e. The van der Waals surface area contributed by atoms with Crippen LogP contribution in [-0.4, -0.2) is 25.2 Å². The van der Waals surface area contributed by atoms with E-state index >= 15 is 0 Å². The summed E-state index contributed by atoms with van der Waals surface area (Å²) in [7, 11) is 1.69. The van der Waals surface area contributed by atoms with Gasteiger partial charge < -0.3 is 10.1 Å². The van der Waals surface area contributed by atoms with Crippen LogP contribution in [0.2, 0.25) is 0 Å². The highest BCUT2D eigenvalue weighted by Crippen LogP contribution is 2.13. The molecule has 0 saturated carbocycles. The van der Waals surface area contributed by atoms with Gasteiger partial charge in [0, 0.05) is 36.5 Å². The van der Waals surface area contributed by atoms with Gasteiger partial charge in [-0.3, -0.25) is 4.98 Å². The molecule has 1 rings (SSSR count). The van der Waals surface area contributed by atoms with Gasteiger partial charge in [-0.25, -0.2) is 0 Å². The Morgan fingerprint density at radius 3 is 2.75 bits per heavy atom. The topological polar surface area (TPSA) is 34.1 Å². The van der Waals surface area contributed by atoms with Crippen LogP contribution in [0, 0.1) is 12.8 Å². The monoisotopic (exact) mass is 222 g/mol. The maximum atomic E-state index is 5.22. The van der Waals surface area contributed by atoms with Crippen LogP contribution < -0.4 is 10.1 Å². The second-order valence-electron chi connectivity index (χ2n) is 4.49. The van der Waals surface area contributed by atoms with E-state index in [0.717, 1.165) is 36.6 Å². The van der Waals surface area contributed by atoms with Gasteiger partial charge in [-0.1, -0.05) is 13.8 Å². The molecule has 16 heavy (non-hydrogen) atoms. The van der Waals surface area contributed by atoms with E-state index in [9.17, 15) is 0 Å². The second kappa shape index (κ2) is 6.48. The molecule has 0 bridgehead atoms. The summed E-state index contributed by atoms with van der Waals surface area (Å²) in [6.45, 7) is 8.44. The Labute approximate surface area is 98.2 Å². The fraction of sp³-hybridized carbons (Fsp3) is 0.615. The third-order valence-electron chi connectivity index (χ3n) is 2.33. The van der Waals surface area contributed by atoms with E-state index < -0.39 is 0 Å². The molecule has 0 aliphatic rings. The van der Waals surface area contributed by atoms with Gasteiger partial charge in [0.15, 0.2) is 0 Å². The van der Waals surface area contributed by atoms with Crippen molar-refractivity contribution in [1.82, 2.24) is 10.3 Å². The van der Waals surface area contributed by atoms with Crippen LogP contribution in [0.15, 0.2) is 12.1 Å². The molecule has 0 unspecified atom stereocenters. The van der Waals surface area contributed by atoms with Crippen LogP contribution in [0.3, 0.4) is 0 Å². The van der Waals surface area contributed by atoms with Crippen molar-refractivity contribution in [3.8, 4) is 5.75 Å². The van der Waals surface area contributed by atoms with Crippen LogP contribution in [0.1, 0.15) is 25.2 Å². The lowest BCUT2D eigenvalue weighted by Crippen LogP contribution is -2.22. The average Bonchev–Trinajstić information content (AvgIpc) is 2.23. The van der Waals surface area contributed by atoms with Crippen molar-refractivity contribution >= 4 is 0 Å². The number of aromatic nitrogens is 1. The Kier molecular flexibility index (Phi) is 5.26. The van der Waals surface area contributed by atoms with Gasteiger partial charge in [0.1, 0.15) is 5.75 Å². The maximum Gasteiger partial charge on any atom is 0.122 e. The largest absolute Gasteiger partial charge is 0.497 e. The molecule has 0 fully saturated rings. The van der Waals surface area contributed by atoms with Crippen molar-refractivity contribution in [2.75, 3.05) is 20.2 Å². The zero-order valence-electron chi connectivity index (χ0n) is 10.7. The molecular weight excluding hydrogens is 200 g/mol. The summed E-state index contributed by atoms with van der Waals surface area (Å²) in [6.07, 6.45) is 0.949. The fourth-order valence-electron chi connectivity index (χ4n) is 1.56. The van der Waals surface area contributed by atoms with Crippen molar-refractivity contribution < 1.29 is 4.74 Å². The van der Waals surface area contributed by atoms with Crippen molar-refractivity contribution in [3.05, 3.63) is 23.5 Å². The summed E-state index contributed by atoms with van der Waals surface area (Å²) >= 11 is 0. The first-order valence-corrected chi connectivity index (χ1v) is 5.84. The molecule has 1 aromatic rings. The second-order valence-corrected chi connectivity index (χ2v) is 4.49. The number of methoxy groups -OCH3 is 1. The molecule has 0 aromatic carbocycles. The predicted octanol–water partition coefficient (Wildman–Crippen LogP) is 2.19. The van der Waals surface area contributed by atoms with Crippen LogP contribution >= 0.6 is 0 Å². The first-order valence-electron chi connectivity index (χ1n) is 5.84. The van der Waals surface area contributed by atoms with Crippen molar-refractivity contribution in [1.29, 1.82) is 0 Å². The van der Waals surface area contributed by atoms with Crippen LogP contribution in [0.4, 0.5) is 0 Å². The Morgan fingerprint density at radius 1 is 1.38 bits per heavy atom. The molecule has 0 saturated heterocycles. The number of nitrogens with zero attached hydrogens (tertiary/aromatic N) is 1. The van der Waals surface area contributed by atoms with Crippen LogP contribution in [0.5, 0.6) is 5.75 Å². The minimum Gasteiger partial charge on any atom is -0.497 e. The normalized spacial score (nSPS) is 10.8. The molecule has 0 amide bonds. The first kappa shape index (κ1) is 13.0. The van der Waals surface area contributed by atoms with Crippen LogP contribution in [0.25, 0.3) is 0 Å². The number of hydrogen-bond donors (Lipinski definition) is 1. The molecule has 1 aromatic heterocycles. The molecule has 0 spiro atoms. The molecule has 0 aliphatic carbocycles. The van der Waals surface area contributed by atoms with Gasteiger partial charge in [0.25, 0.3) is 0 Å². The molecular formula is C13H22N2O. The third-order valence-corrected chi connectivity index (χ3v) is 2.33. The van der Waals surface area contributed by atoms with Crippen molar-refractivity contribution in [2.45, 2.75) is 27.2 Å². The van der Waals surface area contributed by atoms with Gasteiger partial charge in [-0.15, -0.1) is 0 Å². The number of hydrogen-bond acceptors (Lipinski definition) is 3. The Bertz CT molecular complexity index is 324. The van der Waals surface area contributed by atoms with Crippen molar-refractivity contribution in [3.63, 3.8) is 0 Å². The van der Waals surface area contributed by atoms with Gasteiger partial charge in [-0.2, -0.15) is 0 Å². The highest BCUT2D eigenvalue weighted by atomic mass is 16.5. The van der Waals surface area contributed by atoms with E-state index in [1.807, 2.05) is 19.1 Å². The minimum atomic E-state index is 0.694. The van der Waals surface area contributed by atoms with Crippen molar-refractivity contribution in [2.24, 2.45) is 5.92 Å². The summed E-state index contributed by atoms with van der Waals surface area (Å²) in [5.41, 5.74) is 2.10. The number of nitrogens with one attached hydrogen (secondary N) is 1. The summed E-state index contributed by atoms with van der Waals surface area (Å²) in [5.74, 6) is 1.59. The minimum absolute atomic E-state index is 0.694. The number of pyridine rings is 1. The van der Waals surface area contributed by atoms with Crippen LogP contribution in [-0.2, 0) is 6.42 Å². The SMILES string of the molecule is COc1cc(C)nc(CCNCC(C)C)c1. The molecule has 3 heteroatoms. The zero-order chi connectivity index (χ0) is 12.0. The number of ether oxygens (including phenoxy) is 1. The molecule has 0 atom stereocenters. The quantitative estimate of drug-likeness (QED) is 0.749. The van der Waals surface area contributed by atoms with Gasteiger partial charge >= 0.3 is 0 Å². The molecule has 0 radical (unpaired) electrons. The lowest BCUT2D eigenvalue weighted by Gasteiger charge is -2.08. The lowest BCUT2D eigenvalue weighted by atomic mass is 10.2. The average molecular weight is 222 g/mol. The van der Waals surface area contributed by atoms with Gasteiger partial charge in [0.2, 0.25) is 0 Å². The highest BCUT2D eigenvalue weighted by molar-refractivity contribution is 5.26. The molecule has 1 N–H and O–H groups in total. The maximum absolute atomic E-state index is 5.22. The van der Waals surface area contributed by atoms with Gasteiger partial charge in [0.05, 0.1) is 7.11 Å². The van der Waals surface area contributed by atoms with E-state index in [4.69, 9.17) is 4.74 Å². The summed E-state index contributed by atoms with van der Waals surface area (Å²) in [5, 5.41) is 3.41. The molecule has 1 heterocycles. The van der Waals surface area contributed by atoms with E-state index in [-0.39, 0.29) is 0 Å².